The van der Waals surface area contributed by atoms with Gasteiger partial charge in [0.25, 0.3) is 0 Å². The van der Waals surface area contributed by atoms with Crippen LogP contribution in [0.3, 0.4) is 0 Å². The average molecular weight is 198 g/mol. The molecule has 0 amide bonds. The van der Waals surface area contributed by atoms with E-state index < -0.39 is 0 Å². The first-order valence-corrected chi connectivity index (χ1v) is 5.74. The molecule has 0 rings (SSSR count). The SMILES string of the molecule is CC(C)C(=O)CC(C)(C(C)C)C(C)C. The summed E-state index contributed by atoms with van der Waals surface area (Å²) in [6.45, 7) is 15.1. The van der Waals surface area contributed by atoms with Gasteiger partial charge in [-0.1, -0.05) is 48.5 Å². The van der Waals surface area contributed by atoms with E-state index in [-0.39, 0.29) is 11.3 Å². The first-order valence-electron chi connectivity index (χ1n) is 5.74. The fourth-order valence-corrected chi connectivity index (χ4v) is 1.65. The summed E-state index contributed by atoms with van der Waals surface area (Å²) in [5.74, 6) is 1.69. The van der Waals surface area contributed by atoms with E-state index in [2.05, 4.69) is 34.6 Å². The Morgan fingerprint density at radius 3 is 1.57 bits per heavy atom. The second kappa shape index (κ2) is 4.95. The smallest absolute Gasteiger partial charge is 0.135 e. The second-order valence-corrected chi connectivity index (χ2v) is 5.61. The van der Waals surface area contributed by atoms with Gasteiger partial charge < -0.3 is 0 Å². The van der Waals surface area contributed by atoms with E-state index in [0.717, 1.165) is 6.42 Å². The van der Waals surface area contributed by atoms with Crippen LogP contribution in [0.25, 0.3) is 0 Å². The van der Waals surface area contributed by atoms with Gasteiger partial charge in [0.05, 0.1) is 0 Å². The quantitative estimate of drug-likeness (QED) is 0.654. The van der Waals surface area contributed by atoms with Crippen LogP contribution >= 0.6 is 0 Å². The third-order valence-electron chi connectivity index (χ3n) is 3.84. The van der Waals surface area contributed by atoms with Crippen LogP contribution in [0.2, 0.25) is 0 Å². The predicted octanol–water partition coefficient (Wildman–Crippen LogP) is 3.92. The van der Waals surface area contributed by atoms with Gasteiger partial charge in [-0.3, -0.25) is 4.79 Å². The zero-order valence-electron chi connectivity index (χ0n) is 10.8. The molecule has 0 unspecified atom stereocenters. The fourth-order valence-electron chi connectivity index (χ4n) is 1.65. The van der Waals surface area contributed by atoms with Gasteiger partial charge in [-0.05, 0) is 17.3 Å². The minimum absolute atomic E-state index is 0.154. The number of ketones is 1. The maximum absolute atomic E-state index is 11.8. The van der Waals surface area contributed by atoms with Crippen LogP contribution in [-0.4, -0.2) is 5.78 Å². The number of Topliss-reactive ketones (excluding diaryl/α,β-unsaturated/α-hetero) is 1. The maximum Gasteiger partial charge on any atom is 0.135 e. The molecule has 0 atom stereocenters. The largest absolute Gasteiger partial charge is 0.299 e. The number of carbonyl (C=O) groups is 1. The third kappa shape index (κ3) is 3.11. The molecule has 0 heterocycles. The van der Waals surface area contributed by atoms with E-state index in [1.807, 2.05) is 13.8 Å². The third-order valence-corrected chi connectivity index (χ3v) is 3.84. The van der Waals surface area contributed by atoms with Crippen LogP contribution in [0.1, 0.15) is 54.9 Å². The lowest BCUT2D eigenvalue weighted by Crippen LogP contribution is -2.33. The van der Waals surface area contributed by atoms with Gasteiger partial charge in [-0.2, -0.15) is 0 Å². The van der Waals surface area contributed by atoms with Gasteiger partial charge in [0.15, 0.2) is 0 Å². The molecule has 0 fully saturated rings. The van der Waals surface area contributed by atoms with Crippen molar-refractivity contribution in [2.45, 2.75) is 54.9 Å². The normalized spacial score (nSPS) is 13.0. The Labute approximate surface area is 89.3 Å². The minimum Gasteiger partial charge on any atom is -0.299 e. The monoisotopic (exact) mass is 198 g/mol. The van der Waals surface area contributed by atoms with Crippen LogP contribution in [0.4, 0.5) is 0 Å². The van der Waals surface area contributed by atoms with Crippen molar-refractivity contribution in [3.63, 3.8) is 0 Å². The first kappa shape index (κ1) is 13.7. The van der Waals surface area contributed by atoms with Gasteiger partial charge in [0, 0.05) is 12.3 Å². The summed E-state index contributed by atoms with van der Waals surface area (Å²) in [5, 5.41) is 0. The number of carbonyl (C=O) groups excluding carboxylic acids is 1. The van der Waals surface area contributed by atoms with Gasteiger partial charge in [-0.15, -0.1) is 0 Å². The van der Waals surface area contributed by atoms with E-state index in [1.165, 1.54) is 0 Å². The first-order chi connectivity index (χ1) is 6.21. The zero-order chi connectivity index (χ0) is 11.5. The van der Waals surface area contributed by atoms with Crippen molar-refractivity contribution in [2.24, 2.45) is 23.2 Å². The van der Waals surface area contributed by atoms with E-state index in [9.17, 15) is 4.79 Å². The second-order valence-electron chi connectivity index (χ2n) is 5.61. The molecule has 0 aromatic heterocycles. The molecule has 84 valence electrons. The van der Waals surface area contributed by atoms with Crippen molar-refractivity contribution < 1.29 is 4.79 Å². The molecule has 0 aliphatic carbocycles. The summed E-state index contributed by atoms with van der Waals surface area (Å²) in [5.41, 5.74) is 0.154. The van der Waals surface area contributed by atoms with E-state index in [0.29, 0.717) is 17.6 Å². The molecule has 0 aromatic rings. The van der Waals surface area contributed by atoms with E-state index in [1.54, 1.807) is 0 Å². The number of rotatable bonds is 5. The van der Waals surface area contributed by atoms with Crippen molar-refractivity contribution in [1.82, 2.24) is 0 Å². The molecule has 1 heteroatoms. The van der Waals surface area contributed by atoms with E-state index >= 15 is 0 Å². The van der Waals surface area contributed by atoms with Crippen molar-refractivity contribution >= 4 is 5.78 Å². The van der Waals surface area contributed by atoms with Crippen molar-refractivity contribution in [3.05, 3.63) is 0 Å². The number of hydrogen-bond acceptors (Lipinski definition) is 1. The molecule has 14 heavy (non-hydrogen) atoms. The van der Waals surface area contributed by atoms with Crippen molar-refractivity contribution in [1.29, 1.82) is 0 Å². The molecule has 0 aliphatic heterocycles. The highest BCUT2D eigenvalue weighted by atomic mass is 16.1. The van der Waals surface area contributed by atoms with Crippen molar-refractivity contribution in [3.8, 4) is 0 Å². The molecule has 0 spiro atoms. The number of hydrogen-bond donors (Lipinski definition) is 0. The Bertz CT molecular complexity index is 181. The highest BCUT2D eigenvalue weighted by Gasteiger charge is 2.34. The van der Waals surface area contributed by atoms with Crippen LogP contribution in [-0.2, 0) is 4.79 Å². The summed E-state index contributed by atoms with van der Waals surface area (Å²) >= 11 is 0. The Morgan fingerprint density at radius 1 is 1.00 bits per heavy atom. The predicted molar refractivity (Wildman–Crippen MR) is 62.2 cm³/mol. The molecule has 1 nitrogen and oxygen atoms in total. The molecular weight excluding hydrogens is 172 g/mol. The molecule has 0 radical (unpaired) electrons. The molecule has 0 bridgehead atoms. The Balaban J connectivity index is 4.62. The van der Waals surface area contributed by atoms with E-state index in [4.69, 9.17) is 0 Å². The Kier molecular flexibility index (Phi) is 4.83. The minimum atomic E-state index is 0.154. The van der Waals surface area contributed by atoms with Crippen LogP contribution in [0, 0.1) is 23.2 Å². The topological polar surface area (TPSA) is 17.1 Å². The molecule has 0 saturated carbocycles. The summed E-state index contributed by atoms with van der Waals surface area (Å²) in [6.07, 6.45) is 0.722. The summed E-state index contributed by atoms with van der Waals surface area (Å²) in [7, 11) is 0. The summed E-state index contributed by atoms with van der Waals surface area (Å²) in [4.78, 5) is 11.8. The van der Waals surface area contributed by atoms with Crippen LogP contribution < -0.4 is 0 Å². The Morgan fingerprint density at radius 2 is 1.36 bits per heavy atom. The average Bonchev–Trinajstić information content (AvgIpc) is 2.02. The summed E-state index contributed by atoms with van der Waals surface area (Å²) in [6, 6.07) is 0. The van der Waals surface area contributed by atoms with Crippen molar-refractivity contribution in [2.75, 3.05) is 0 Å². The molecule has 0 N–H and O–H groups in total. The molecule has 0 aliphatic rings. The molecule has 0 saturated heterocycles. The van der Waals surface area contributed by atoms with Crippen LogP contribution in [0.15, 0.2) is 0 Å². The fraction of sp³-hybridized carbons (Fsp3) is 0.923. The lowest BCUT2D eigenvalue weighted by atomic mass is 9.67. The van der Waals surface area contributed by atoms with Gasteiger partial charge in [0.2, 0.25) is 0 Å². The van der Waals surface area contributed by atoms with Gasteiger partial charge in [-0.25, -0.2) is 0 Å². The molecule has 0 aromatic carbocycles. The lowest BCUT2D eigenvalue weighted by molar-refractivity contribution is -0.125. The maximum atomic E-state index is 11.8. The summed E-state index contributed by atoms with van der Waals surface area (Å²) < 4.78 is 0. The molecular formula is C13H26O. The lowest BCUT2D eigenvalue weighted by Gasteiger charge is -2.38. The van der Waals surface area contributed by atoms with Gasteiger partial charge >= 0.3 is 0 Å². The zero-order valence-corrected chi connectivity index (χ0v) is 10.8. The highest BCUT2D eigenvalue weighted by Crippen LogP contribution is 2.39. The van der Waals surface area contributed by atoms with Crippen LogP contribution in [0.5, 0.6) is 0 Å². The Hall–Kier alpha value is -0.330. The standard InChI is InChI=1S/C13H26O/c1-9(2)12(14)8-13(7,10(3)4)11(5)6/h9-11H,8H2,1-7H3. The highest BCUT2D eigenvalue weighted by molar-refractivity contribution is 5.80. The van der Waals surface area contributed by atoms with Gasteiger partial charge in [0.1, 0.15) is 5.78 Å².